The Bertz CT molecular complexity index is 1040. The largest absolute Gasteiger partial charge is 0.497 e. The van der Waals surface area contributed by atoms with E-state index >= 15 is 0 Å². The molecule has 7 heteroatoms. The van der Waals surface area contributed by atoms with Crippen LogP contribution in [0.15, 0.2) is 60.9 Å². The minimum atomic E-state index is -0.351. The Morgan fingerprint density at radius 1 is 1.04 bits per heavy atom. The maximum Gasteiger partial charge on any atom is 0.257 e. The summed E-state index contributed by atoms with van der Waals surface area (Å²) in [4.78, 5) is 16.8. The van der Waals surface area contributed by atoms with Gasteiger partial charge < -0.3 is 20.1 Å². The van der Waals surface area contributed by atoms with Crippen LogP contribution in [-0.4, -0.2) is 25.1 Å². The fraction of sp³-hybridized carbons (Fsp3) is 0.0952. The lowest BCUT2D eigenvalue weighted by molar-refractivity contribution is 0.102. The molecule has 0 bridgehead atoms. The van der Waals surface area contributed by atoms with E-state index in [0.29, 0.717) is 39.7 Å². The van der Waals surface area contributed by atoms with Gasteiger partial charge in [-0.2, -0.15) is 5.26 Å². The van der Waals surface area contributed by atoms with Crippen LogP contribution in [0.25, 0.3) is 0 Å². The van der Waals surface area contributed by atoms with Crippen molar-refractivity contribution >= 4 is 23.0 Å². The number of para-hydroxylation sites is 1. The zero-order chi connectivity index (χ0) is 19.9. The van der Waals surface area contributed by atoms with Crippen molar-refractivity contribution in [2.24, 2.45) is 0 Å². The van der Waals surface area contributed by atoms with Gasteiger partial charge >= 0.3 is 0 Å². The highest BCUT2D eigenvalue weighted by Gasteiger charge is 2.12. The van der Waals surface area contributed by atoms with Crippen molar-refractivity contribution in [2.75, 3.05) is 24.9 Å². The summed E-state index contributed by atoms with van der Waals surface area (Å²) in [6.07, 6.45) is 3.04. The molecule has 0 fully saturated rings. The molecule has 1 heterocycles. The quantitative estimate of drug-likeness (QED) is 0.678. The molecule has 3 aromatic rings. The number of hydrogen-bond donors (Lipinski definition) is 2. The maximum atomic E-state index is 12.7. The maximum absolute atomic E-state index is 12.7. The molecule has 1 amide bonds. The minimum Gasteiger partial charge on any atom is -0.497 e. The molecule has 0 aliphatic carbocycles. The van der Waals surface area contributed by atoms with Gasteiger partial charge in [-0.05, 0) is 30.3 Å². The number of carbonyl (C=O) groups excluding carboxylic acids is 1. The van der Waals surface area contributed by atoms with Gasteiger partial charge in [0.25, 0.3) is 5.91 Å². The Morgan fingerprint density at radius 2 is 1.86 bits per heavy atom. The summed E-state index contributed by atoms with van der Waals surface area (Å²) >= 11 is 0. The number of carbonyl (C=O) groups is 1. The van der Waals surface area contributed by atoms with Crippen LogP contribution in [0, 0.1) is 11.3 Å². The fourth-order valence-electron chi connectivity index (χ4n) is 2.58. The van der Waals surface area contributed by atoms with Crippen LogP contribution in [-0.2, 0) is 0 Å². The van der Waals surface area contributed by atoms with Gasteiger partial charge in [0.15, 0.2) is 0 Å². The predicted octanol–water partition coefficient (Wildman–Crippen LogP) is 3.97. The van der Waals surface area contributed by atoms with Crippen molar-refractivity contribution in [3.63, 3.8) is 0 Å². The van der Waals surface area contributed by atoms with Crippen molar-refractivity contribution in [3.05, 3.63) is 72.1 Å². The Kier molecular flexibility index (Phi) is 5.72. The molecule has 0 aliphatic heterocycles. The predicted molar refractivity (Wildman–Crippen MR) is 106 cm³/mol. The summed E-state index contributed by atoms with van der Waals surface area (Å²) in [6.45, 7) is 0. The van der Waals surface area contributed by atoms with Crippen LogP contribution in [0.1, 0.15) is 15.9 Å². The molecule has 0 aliphatic rings. The van der Waals surface area contributed by atoms with E-state index in [0.717, 1.165) is 0 Å². The molecule has 28 heavy (non-hydrogen) atoms. The molecule has 0 atom stereocenters. The number of nitrogens with one attached hydrogen (secondary N) is 2. The first kappa shape index (κ1) is 18.7. The third-order valence-corrected chi connectivity index (χ3v) is 3.98. The van der Waals surface area contributed by atoms with E-state index in [9.17, 15) is 10.1 Å². The molecule has 2 aromatic carbocycles. The summed E-state index contributed by atoms with van der Waals surface area (Å²) in [5, 5.41) is 15.1. The molecule has 0 spiro atoms. The van der Waals surface area contributed by atoms with E-state index in [-0.39, 0.29) is 5.91 Å². The van der Waals surface area contributed by atoms with Crippen LogP contribution < -0.4 is 20.1 Å². The molecular formula is C21H18N4O3. The monoisotopic (exact) mass is 374 g/mol. The summed E-state index contributed by atoms with van der Waals surface area (Å²) in [5.41, 5.74) is 2.56. The van der Waals surface area contributed by atoms with Crippen molar-refractivity contribution < 1.29 is 14.3 Å². The van der Waals surface area contributed by atoms with Crippen LogP contribution in [0.2, 0.25) is 0 Å². The first-order valence-electron chi connectivity index (χ1n) is 8.39. The molecule has 0 saturated carbocycles. The van der Waals surface area contributed by atoms with Crippen LogP contribution in [0.4, 0.5) is 17.1 Å². The van der Waals surface area contributed by atoms with Gasteiger partial charge in [-0.3, -0.25) is 9.78 Å². The van der Waals surface area contributed by atoms with Crippen molar-refractivity contribution in [1.82, 2.24) is 4.98 Å². The Balaban J connectivity index is 1.82. The lowest BCUT2D eigenvalue weighted by Gasteiger charge is -2.12. The van der Waals surface area contributed by atoms with Gasteiger partial charge in [0.1, 0.15) is 17.6 Å². The number of methoxy groups -OCH3 is 2. The third-order valence-electron chi connectivity index (χ3n) is 3.98. The standard InChI is InChI=1S/C21H18N4O3/c1-27-17-7-8-20(28-2)19(10-17)25-21(26)15-9-16(13-23-12-15)24-18-6-4-3-5-14(18)11-22/h3-10,12-13,24H,1-2H3,(H,25,26). The number of nitrogens with zero attached hydrogens (tertiary/aromatic N) is 2. The van der Waals surface area contributed by atoms with Crippen LogP contribution in [0.3, 0.4) is 0 Å². The number of ether oxygens (including phenoxy) is 2. The number of hydrogen-bond acceptors (Lipinski definition) is 6. The molecule has 1 aromatic heterocycles. The number of aromatic nitrogens is 1. The highest BCUT2D eigenvalue weighted by molar-refractivity contribution is 6.05. The smallest absolute Gasteiger partial charge is 0.257 e. The van der Waals surface area contributed by atoms with E-state index in [1.807, 2.05) is 6.07 Å². The van der Waals surface area contributed by atoms with Gasteiger partial charge in [-0.1, -0.05) is 12.1 Å². The number of rotatable bonds is 6. The molecule has 140 valence electrons. The minimum absolute atomic E-state index is 0.351. The highest BCUT2D eigenvalue weighted by atomic mass is 16.5. The lowest BCUT2D eigenvalue weighted by atomic mass is 10.2. The van der Waals surface area contributed by atoms with E-state index in [4.69, 9.17) is 9.47 Å². The van der Waals surface area contributed by atoms with Crippen molar-refractivity contribution in [2.45, 2.75) is 0 Å². The fourth-order valence-corrected chi connectivity index (χ4v) is 2.58. The third kappa shape index (κ3) is 4.19. The first-order chi connectivity index (χ1) is 13.6. The van der Waals surface area contributed by atoms with Crippen LogP contribution >= 0.6 is 0 Å². The van der Waals surface area contributed by atoms with E-state index in [2.05, 4.69) is 21.7 Å². The van der Waals surface area contributed by atoms with E-state index in [1.165, 1.54) is 13.3 Å². The van der Waals surface area contributed by atoms with Crippen molar-refractivity contribution in [3.8, 4) is 17.6 Å². The Labute approximate surface area is 162 Å². The SMILES string of the molecule is COc1ccc(OC)c(NC(=O)c2cncc(Nc3ccccc3C#N)c2)c1. The number of anilines is 3. The highest BCUT2D eigenvalue weighted by Crippen LogP contribution is 2.29. The lowest BCUT2D eigenvalue weighted by Crippen LogP contribution is -2.13. The van der Waals surface area contributed by atoms with Gasteiger partial charge in [0.2, 0.25) is 0 Å². The molecule has 3 rings (SSSR count). The van der Waals surface area contributed by atoms with Gasteiger partial charge in [0.05, 0.1) is 48.6 Å². The normalized spacial score (nSPS) is 9.89. The molecular weight excluding hydrogens is 356 g/mol. The summed E-state index contributed by atoms with van der Waals surface area (Å²) in [6, 6.07) is 16.0. The average Bonchev–Trinajstić information content (AvgIpc) is 2.74. The second-order valence-corrected chi connectivity index (χ2v) is 5.77. The summed E-state index contributed by atoms with van der Waals surface area (Å²) in [5.74, 6) is 0.758. The molecule has 0 saturated heterocycles. The van der Waals surface area contributed by atoms with Crippen LogP contribution in [0.5, 0.6) is 11.5 Å². The number of nitriles is 1. The van der Waals surface area contributed by atoms with Gasteiger partial charge in [-0.15, -0.1) is 0 Å². The van der Waals surface area contributed by atoms with Crippen molar-refractivity contribution in [1.29, 1.82) is 5.26 Å². The molecule has 0 radical (unpaired) electrons. The molecule has 7 nitrogen and oxygen atoms in total. The molecule has 2 N–H and O–H groups in total. The second kappa shape index (κ2) is 8.56. The Hall–Kier alpha value is -4.05. The van der Waals surface area contributed by atoms with E-state index < -0.39 is 0 Å². The number of pyridine rings is 1. The zero-order valence-electron chi connectivity index (χ0n) is 15.4. The zero-order valence-corrected chi connectivity index (χ0v) is 15.4. The average molecular weight is 374 g/mol. The molecule has 0 unspecified atom stereocenters. The van der Waals surface area contributed by atoms with Gasteiger partial charge in [-0.25, -0.2) is 0 Å². The number of benzene rings is 2. The van der Waals surface area contributed by atoms with Gasteiger partial charge in [0, 0.05) is 12.3 Å². The van der Waals surface area contributed by atoms with E-state index in [1.54, 1.807) is 55.8 Å². The second-order valence-electron chi connectivity index (χ2n) is 5.77. The topological polar surface area (TPSA) is 96.3 Å². The number of amides is 1. The Morgan fingerprint density at radius 3 is 2.61 bits per heavy atom. The summed E-state index contributed by atoms with van der Waals surface area (Å²) < 4.78 is 10.5. The first-order valence-corrected chi connectivity index (χ1v) is 8.39. The summed E-state index contributed by atoms with van der Waals surface area (Å²) in [7, 11) is 3.07.